The maximum atomic E-state index is 3.57. The molecular formula is C10H20N2. The van der Waals surface area contributed by atoms with Gasteiger partial charge in [0.25, 0.3) is 0 Å². The van der Waals surface area contributed by atoms with Crippen LogP contribution in [0.15, 0.2) is 0 Å². The van der Waals surface area contributed by atoms with E-state index < -0.39 is 0 Å². The van der Waals surface area contributed by atoms with Crippen molar-refractivity contribution in [2.75, 3.05) is 26.2 Å². The molecule has 2 aliphatic rings. The Hall–Kier alpha value is -0.0800. The first kappa shape index (κ1) is 8.52. The van der Waals surface area contributed by atoms with Gasteiger partial charge in [0, 0.05) is 0 Å². The van der Waals surface area contributed by atoms with E-state index in [4.69, 9.17) is 0 Å². The van der Waals surface area contributed by atoms with Gasteiger partial charge in [0.05, 0.1) is 0 Å². The molecule has 1 saturated heterocycles. The highest BCUT2D eigenvalue weighted by Crippen LogP contribution is 2.27. The minimum Gasteiger partial charge on any atom is -0.316 e. The molecule has 0 amide bonds. The van der Waals surface area contributed by atoms with E-state index in [0.717, 1.165) is 17.8 Å². The van der Waals surface area contributed by atoms with Gasteiger partial charge in [-0.05, 0) is 56.8 Å². The molecule has 0 radical (unpaired) electrons. The number of nitrogens with one attached hydrogen (secondary N) is 2. The van der Waals surface area contributed by atoms with Crippen LogP contribution in [0.25, 0.3) is 0 Å². The standard InChI is InChI=1S/C10H20N2/c1-8(10-6-12-7-10)4-11-5-9-2-3-9/h8-12H,2-7H2,1H3. The van der Waals surface area contributed by atoms with Crippen molar-refractivity contribution in [1.29, 1.82) is 0 Å². The summed E-state index contributed by atoms with van der Waals surface area (Å²) in [4.78, 5) is 0. The molecule has 1 unspecified atom stereocenters. The van der Waals surface area contributed by atoms with E-state index in [1.54, 1.807) is 0 Å². The van der Waals surface area contributed by atoms with Gasteiger partial charge in [-0.15, -0.1) is 0 Å². The lowest BCUT2D eigenvalue weighted by molar-refractivity contribution is 0.242. The molecule has 1 atom stereocenters. The Balaban J connectivity index is 1.52. The maximum absolute atomic E-state index is 3.57. The Bertz CT molecular complexity index is 139. The van der Waals surface area contributed by atoms with Crippen LogP contribution in [-0.4, -0.2) is 26.2 Å². The van der Waals surface area contributed by atoms with Gasteiger partial charge in [0.2, 0.25) is 0 Å². The molecule has 70 valence electrons. The van der Waals surface area contributed by atoms with Crippen molar-refractivity contribution in [2.45, 2.75) is 19.8 Å². The van der Waals surface area contributed by atoms with Gasteiger partial charge in [0.1, 0.15) is 0 Å². The molecule has 2 fully saturated rings. The SMILES string of the molecule is CC(CNCC1CC1)C1CNC1. The molecule has 2 nitrogen and oxygen atoms in total. The highest BCUT2D eigenvalue weighted by molar-refractivity contribution is 4.81. The van der Waals surface area contributed by atoms with Crippen LogP contribution in [0, 0.1) is 17.8 Å². The zero-order valence-electron chi connectivity index (χ0n) is 7.97. The van der Waals surface area contributed by atoms with Gasteiger partial charge in [-0.2, -0.15) is 0 Å². The van der Waals surface area contributed by atoms with Crippen LogP contribution in [0.1, 0.15) is 19.8 Å². The first-order valence-corrected chi connectivity index (χ1v) is 5.27. The van der Waals surface area contributed by atoms with Crippen LogP contribution < -0.4 is 10.6 Å². The summed E-state index contributed by atoms with van der Waals surface area (Å²) in [6.07, 6.45) is 2.93. The number of hydrogen-bond donors (Lipinski definition) is 2. The molecule has 1 aliphatic heterocycles. The van der Waals surface area contributed by atoms with E-state index in [0.29, 0.717) is 0 Å². The van der Waals surface area contributed by atoms with Crippen LogP contribution >= 0.6 is 0 Å². The normalized spacial score (nSPS) is 26.8. The zero-order chi connectivity index (χ0) is 8.39. The molecule has 0 aromatic rings. The molecular weight excluding hydrogens is 148 g/mol. The van der Waals surface area contributed by atoms with E-state index in [9.17, 15) is 0 Å². The average molecular weight is 168 g/mol. The van der Waals surface area contributed by atoms with Crippen LogP contribution in [0.5, 0.6) is 0 Å². The minimum absolute atomic E-state index is 0.866. The molecule has 1 saturated carbocycles. The van der Waals surface area contributed by atoms with Gasteiger partial charge < -0.3 is 10.6 Å². The van der Waals surface area contributed by atoms with Gasteiger partial charge in [-0.3, -0.25) is 0 Å². The van der Waals surface area contributed by atoms with Gasteiger partial charge in [-0.25, -0.2) is 0 Å². The first-order chi connectivity index (χ1) is 5.86. The van der Waals surface area contributed by atoms with Crippen LogP contribution in [-0.2, 0) is 0 Å². The molecule has 12 heavy (non-hydrogen) atoms. The lowest BCUT2D eigenvalue weighted by Gasteiger charge is -2.32. The molecule has 2 heteroatoms. The lowest BCUT2D eigenvalue weighted by Crippen LogP contribution is -2.47. The van der Waals surface area contributed by atoms with Crippen molar-refractivity contribution in [2.24, 2.45) is 17.8 Å². The Morgan fingerprint density at radius 1 is 1.42 bits per heavy atom. The summed E-state index contributed by atoms with van der Waals surface area (Å²) in [5.41, 5.74) is 0. The molecule has 2 N–H and O–H groups in total. The first-order valence-electron chi connectivity index (χ1n) is 5.27. The van der Waals surface area contributed by atoms with E-state index in [-0.39, 0.29) is 0 Å². The summed E-state index contributed by atoms with van der Waals surface area (Å²) in [6, 6.07) is 0. The molecule has 0 aromatic carbocycles. The van der Waals surface area contributed by atoms with Crippen molar-refractivity contribution in [3.8, 4) is 0 Å². The smallest absolute Gasteiger partial charge is 0.000522 e. The molecule has 1 aliphatic carbocycles. The predicted molar refractivity (Wildman–Crippen MR) is 51.1 cm³/mol. The fraction of sp³-hybridized carbons (Fsp3) is 1.00. The molecule has 2 rings (SSSR count). The quantitative estimate of drug-likeness (QED) is 0.636. The Kier molecular flexibility index (Phi) is 2.66. The largest absolute Gasteiger partial charge is 0.316 e. The van der Waals surface area contributed by atoms with E-state index in [1.807, 2.05) is 0 Å². The van der Waals surface area contributed by atoms with Crippen LogP contribution in [0.2, 0.25) is 0 Å². The third-order valence-electron chi connectivity index (χ3n) is 3.21. The fourth-order valence-electron chi connectivity index (χ4n) is 1.72. The summed E-state index contributed by atoms with van der Waals surface area (Å²) < 4.78 is 0. The molecule has 0 aromatic heterocycles. The Morgan fingerprint density at radius 2 is 2.17 bits per heavy atom. The topological polar surface area (TPSA) is 24.1 Å². The molecule has 1 heterocycles. The summed E-state index contributed by atoms with van der Waals surface area (Å²) >= 11 is 0. The monoisotopic (exact) mass is 168 g/mol. The third kappa shape index (κ3) is 2.20. The highest BCUT2D eigenvalue weighted by atomic mass is 15.0. The summed E-state index contributed by atoms with van der Waals surface area (Å²) in [7, 11) is 0. The van der Waals surface area contributed by atoms with Gasteiger partial charge in [0.15, 0.2) is 0 Å². The van der Waals surface area contributed by atoms with Gasteiger partial charge in [-0.1, -0.05) is 6.92 Å². The third-order valence-corrected chi connectivity index (χ3v) is 3.21. The second kappa shape index (κ2) is 3.75. The summed E-state index contributed by atoms with van der Waals surface area (Å²) in [5, 5.41) is 6.89. The number of rotatable bonds is 5. The second-order valence-electron chi connectivity index (χ2n) is 4.50. The maximum Gasteiger partial charge on any atom is -0.000522 e. The van der Waals surface area contributed by atoms with Crippen LogP contribution in [0.4, 0.5) is 0 Å². The number of hydrogen-bond acceptors (Lipinski definition) is 2. The minimum atomic E-state index is 0.866. The molecule has 0 bridgehead atoms. The van der Waals surface area contributed by atoms with Crippen molar-refractivity contribution >= 4 is 0 Å². The van der Waals surface area contributed by atoms with Crippen molar-refractivity contribution in [1.82, 2.24) is 10.6 Å². The van der Waals surface area contributed by atoms with E-state index >= 15 is 0 Å². The Labute approximate surface area is 75.1 Å². The van der Waals surface area contributed by atoms with Crippen molar-refractivity contribution in [3.63, 3.8) is 0 Å². The molecule has 0 spiro atoms. The van der Waals surface area contributed by atoms with E-state index in [2.05, 4.69) is 17.6 Å². The highest BCUT2D eigenvalue weighted by Gasteiger charge is 2.24. The van der Waals surface area contributed by atoms with Crippen molar-refractivity contribution < 1.29 is 0 Å². The average Bonchev–Trinajstić information content (AvgIpc) is 2.67. The Morgan fingerprint density at radius 3 is 2.67 bits per heavy atom. The second-order valence-corrected chi connectivity index (χ2v) is 4.50. The summed E-state index contributed by atoms with van der Waals surface area (Å²) in [6.45, 7) is 7.34. The zero-order valence-corrected chi connectivity index (χ0v) is 7.97. The van der Waals surface area contributed by atoms with Crippen molar-refractivity contribution in [3.05, 3.63) is 0 Å². The van der Waals surface area contributed by atoms with E-state index in [1.165, 1.54) is 39.0 Å². The summed E-state index contributed by atoms with van der Waals surface area (Å²) in [5.74, 6) is 2.83. The van der Waals surface area contributed by atoms with Crippen LogP contribution in [0.3, 0.4) is 0 Å². The fourth-order valence-corrected chi connectivity index (χ4v) is 1.72. The predicted octanol–water partition coefficient (Wildman–Crippen LogP) is 0.841. The lowest BCUT2D eigenvalue weighted by atomic mass is 9.89. The van der Waals surface area contributed by atoms with Gasteiger partial charge >= 0.3 is 0 Å².